The second-order valence-corrected chi connectivity index (χ2v) is 5.10. The molecule has 128 valence electrons. The van der Waals surface area contributed by atoms with E-state index in [0.29, 0.717) is 12.8 Å². The normalized spacial score (nSPS) is 17.9. The highest BCUT2D eigenvalue weighted by atomic mass is 19.4. The molecule has 0 bridgehead atoms. The maximum Gasteiger partial charge on any atom is 0.490 e. The van der Waals surface area contributed by atoms with Crippen molar-refractivity contribution in [3.8, 4) is 0 Å². The lowest BCUT2D eigenvalue weighted by Crippen LogP contribution is -2.41. The van der Waals surface area contributed by atoms with Crippen molar-refractivity contribution in [2.75, 3.05) is 0 Å². The Balaban J connectivity index is 0.000000256. The molecular weight excluding hydrogens is 329 g/mol. The Bertz CT molecular complexity index is 749. The summed E-state index contributed by atoms with van der Waals surface area (Å²) in [5.41, 5.74) is 0. The van der Waals surface area contributed by atoms with Crippen molar-refractivity contribution in [3.05, 3.63) is 36.7 Å². The van der Waals surface area contributed by atoms with Crippen molar-refractivity contribution >= 4 is 28.6 Å². The monoisotopic (exact) mass is 342 g/mol. The number of nitrogens with one attached hydrogen (secondary N) is 1. The van der Waals surface area contributed by atoms with Gasteiger partial charge in [0, 0.05) is 18.8 Å². The molecule has 1 aliphatic rings. The summed E-state index contributed by atoms with van der Waals surface area (Å²) in [6.45, 7) is 0. The first-order valence-corrected chi connectivity index (χ1v) is 6.88. The predicted molar refractivity (Wildman–Crippen MR) is 77.0 cm³/mol. The Labute approximate surface area is 133 Å². The van der Waals surface area contributed by atoms with E-state index in [2.05, 4.69) is 5.32 Å². The molecule has 2 aromatic rings. The van der Waals surface area contributed by atoms with E-state index in [-0.39, 0.29) is 17.9 Å². The van der Waals surface area contributed by atoms with Crippen LogP contribution in [0.1, 0.15) is 18.9 Å². The zero-order valence-corrected chi connectivity index (χ0v) is 12.2. The van der Waals surface area contributed by atoms with E-state index in [4.69, 9.17) is 9.90 Å². The fourth-order valence-corrected chi connectivity index (χ4v) is 2.25. The minimum atomic E-state index is -5.08. The van der Waals surface area contributed by atoms with Crippen molar-refractivity contribution in [2.45, 2.75) is 25.1 Å². The summed E-state index contributed by atoms with van der Waals surface area (Å²) in [5.74, 6) is -3.14. The number of imide groups is 1. The third kappa shape index (κ3) is 4.12. The van der Waals surface area contributed by atoms with Crippen molar-refractivity contribution in [1.82, 2.24) is 9.88 Å². The number of nitrogens with zero attached hydrogens (tertiary/aromatic N) is 1. The van der Waals surface area contributed by atoms with Crippen LogP contribution in [0.4, 0.5) is 13.2 Å². The second-order valence-electron chi connectivity index (χ2n) is 5.10. The molecule has 1 aromatic heterocycles. The molecular formula is C15H13F3N2O4. The van der Waals surface area contributed by atoms with E-state index >= 15 is 0 Å². The van der Waals surface area contributed by atoms with Gasteiger partial charge in [-0.3, -0.25) is 14.9 Å². The van der Waals surface area contributed by atoms with Crippen LogP contribution < -0.4 is 5.32 Å². The molecule has 0 spiro atoms. The maximum absolute atomic E-state index is 11.7. The first kappa shape index (κ1) is 17.5. The van der Waals surface area contributed by atoms with Crippen molar-refractivity contribution < 1.29 is 32.7 Å². The molecule has 0 aliphatic carbocycles. The number of carbonyl (C=O) groups is 3. The van der Waals surface area contributed by atoms with E-state index in [0.717, 1.165) is 10.8 Å². The smallest absolute Gasteiger partial charge is 0.475 e. The summed E-state index contributed by atoms with van der Waals surface area (Å²) in [5, 5.41) is 11.7. The third-order valence-electron chi connectivity index (χ3n) is 3.38. The fraction of sp³-hybridized carbons (Fsp3) is 0.267. The van der Waals surface area contributed by atoms with Crippen LogP contribution in [0.3, 0.4) is 0 Å². The van der Waals surface area contributed by atoms with Gasteiger partial charge in [0.1, 0.15) is 6.04 Å². The molecule has 1 unspecified atom stereocenters. The van der Waals surface area contributed by atoms with Gasteiger partial charge >= 0.3 is 12.1 Å². The first-order chi connectivity index (χ1) is 11.2. The topological polar surface area (TPSA) is 88.4 Å². The molecule has 1 aliphatic heterocycles. The van der Waals surface area contributed by atoms with Gasteiger partial charge in [0.05, 0.1) is 0 Å². The summed E-state index contributed by atoms with van der Waals surface area (Å²) in [7, 11) is 0. The minimum Gasteiger partial charge on any atom is -0.475 e. The average molecular weight is 342 g/mol. The number of carboxylic acids is 1. The van der Waals surface area contributed by atoms with Crippen molar-refractivity contribution in [3.63, 3.8) is 0 Å². The molecule has 9 heteroatoms. The Morgan fingerprint density at radius 1 is 1.17 bits per heavy atom. The quantitative estimate of drug-likeness (QED) is 0.778. The molecule has 1 atom stereocenters. The molecule has 0 saturated carbocycles. The molecule has 1 saturated heterocycles. The zero-order chi connectivity index (χ0) is 17.9. The number of benzene rings is 1. The average Bonchev–Trinajstić information content (AvgIpc) is 2.90. The van der Waals surface area contributed by atoms with E-state index in [1.807, 2.05) is 41.2 Å². The number of fused-ring (bicyclic) bond motifs is 1. The number of hydrogen-bond acceptors (Lipinski definition) is 3. The van der Waals surface area contributed by atoms with E-state index in [1.54, 1.807) is 0 Å². The largest absolute Gasteiger partial charge is 0.490 e. The Kier molecular flexibility index (Phi) is 4.91. The van der Waals surface area contributed by atoms with Gasteiger partial charge in [-0.15, -0.1) is 0 Å². The van der Waals surface area contributed by atoms with Crippen LogP contribution in [0.15, 0.2) is 36.7 Å². The van der Waals surface area contributed by atoms with Crippen LogP contribution in [-0.2, 0) is 14.4 Å². The summed E-state index contributed by atoms with van der Waals surface area (Å²) < 4.78 is 33.6. The Hall–Kier alpha value is -2.84. The van der Waals surface area contributed by atoms with Crippen LogP contribution in [0.5, 0.6) is 0 Å². The number of halogens is 3. The fourth-order valence-electron chi connectivity index (χ4n) is 2.25. The van der Waals surface area contributed by atoms with Crippen molar-refractivity contribution in [1.29, 1.82) is 0 Å². The lowest BCUT2D eigenvalue weighted by Gasteiger charge is -2.21. The molecule has 6 nitrogen and oxygen atoms in total. The SMILES string of the molecule is O=C(O)C(F)(F)F.O=C1CCC(n2cc3ccccc3c2)C(=O)N1. The van der Waals surface area contributed by atoms with Crippen LogP contribution >= 0.6 is 0 Å². The molecule has 2 amide bonds. The van der Waals surface area contributed by atoms with E-state index in [1.165, 1.54) is 0 Å². The Morgan fingerprint density at radius 2 is 1.67 bits per heavy atom. The highest BCUT2D eigenvalue weighted by Gasteiger charge is 2.38. The van der Waals surface area contributed by atoms with Gasteiger partial charge in [-0.1, -0.05) is 24.3 Å². The van der Waals surface area contributed by atoms with Crippen LogP contribution in [0.2, 0.25) is 0 Å². The van der Waals surface area contributed by atoms with Gasteiger partial charge in [0.25, 0.3) is 0 Å². The number of carbonyl (C=O) groups excluding carboxylic acids is 2. The summed E-state index contributed by atoms with van der Waals surface area (Å²) in [6, 6.07) is 7.70. The van der Waals surface area contributed by atoms with Gasteiger partial charge in [0.15, 0.2) is 0 Å². The number of hydrogen-bond donors (Lipinski definition) is 2. The van der Waals surface area contributed by atoms with Gasteiger partial charge < -0.3 is 9.67 Å². The predicted octanol–water partition coefficient (Wildman–Crippen LogP) is 2.25. The maximum atomic E-state index is 11.7. The summed E-state index contributed by atoms with van der Waals surface area (Å²) in [6.07, 6.45) is -0.193. The van der Waals surface area contributed by atoms with Gasteiger partial charge in [0.2, 0.25) is 11.8 Å². The van der Waals surface area contributed by atoms with Gasteiger partial charge in [-0.05, 0) is 17.2 Å². The van der Waals surface area contributed by atoms with Gasteiger partial charge in [-0.25, -0.2) is 4.79 Å². The van der Waals surface area contributed by atoms with E-state index in [9.17, 15) is 22.8 Å². The Morgan fingerprint density at radius 3 is 2.08 bits per heavy atom. The number of carboxylic acid groups (broad SMARTS) is 1. The molecule has 24 heavy (non-hydrogen) atoms. The third-order valence-corrected chi connectivity index (χ3v) is 3.38. The highest BCUT2D eigenvalue weighted by molar-refractivity contribution is 5.99. The molecule has 3 rings (SSSR count). The molecule has 1 fully saturated rings. The minimum absolute atomic E-state index is 0.178. The van der Waals surface area contributed by atoms with Gasteiger partial charge in [-0.2, -0.15) is 13.2 Å². The van der Waals surface area contributed by atoms with E-state index < -0.39 is 12.1 Å². The standard InChI is InChI=1S/C13H12N2O2.C2HF3O2/c16-12-6-5-11(13(17)14-12)15-7-9-3-1-2-4-10(9)8-15;3-2(4,5)1(6)7/h1-4,7-8,11H,5-6H2,(H,14,16,17);(H,6,7). The lowest BCUT2D eigenvalue weighted by molar-refractivity contribution is -0.192. The number of amides is 2. The number of aromatic nitrogens is 1. The van der Waals surface area contributed by atoms with Crippen LogP contribution in [-0.4, -0.2) is 33.6 Å². The summed E-state index contributed by atoms with van der Waals surface area (Å²) >= 11 is 0. The lowest BCUT2D eigenvalue weighted by atomic mass is 10.1. The van der Waals surface area contributed by atoms with Crippen LogP contribution in [0.25, 0.3) is 10.8 Å². The molecule has 0 radical (unpaired) electrons. The number of aliphatic carboxylic acids is 1. The highest BCUT2D eigenvalue weighted by Crippen LogP contribution is 2.23. The molecule has 1 aromatic carbocycles. The van der Waals surface area contributed by atoms with Crippen molar-refractivity contribution in [2.24, 2.45) is 0 Å². The first-order valence-electron chi connectivity index (χ1n) is 6.88. The zero-order valence-electron chi connectivity index (χ0n) is 12.2. The number of piperidine rings is 1. The molecule has 2 N–H and O–H groups in total. The second kappa shape index (κ2) is 6.73. The number of rotatable bonds is 1. The summed E-state index contributed by atoms with van der Waals surface area (Å²) in [4.78, 5) is 31.7. The van der Waals surface area contributed by atoms with Crippen LogP contribution in [0, 0.1) is 0 Å². The molecule has 2 heterocycles. The number of alkyl halides is 3.